The maximum atomic E-state index is 6.00. The molecule has 0 amide bonds. The fraction of sp³-hybridized carbons (Fsp3) is 1.00. The van der Waals surface area contributed by atoms with Crippen molar-refractivity contribution in [3.05, 3.63) is 0 Å². The van der Waals surface area contributed by atoms with Crippen molar-refractivity contribution in [2.75, 3.05) is 0 Å². The Bertz CT molecular complexity index is 242. The molecule has 0 heterocycles. The van der Waals surface area contributed by atoms with E-state index in [0.29, 0.717) is 0 Å². The normalized spacial score (nSPS) is 21.9. The van der Waals surface area contributed by atoms with Gasteiger partial charge in [-0.2, -0.15) is 0 Å². The second kappa shape index (κ2) is 17.9. The van der Waals surface area contributed by atoms with Crippen LogP contribution in [0.1, 0.15) is 70.6 Å². The van der Waals surface area contributed by atoms with Crippen LogP contribution < -0.4 is 0 Å². The minimum absolute atomic E-state index is 0.392. The van der Waals surface area contributed by atoms with Gasteiger partial charge in [0.25, 0.3) is 40.0 Å². The predicted molar refractivity (Wildman–Crippen MR) is 113 cm³/mol. The van der Waals surface area contributed by atoms with Gasteiger partial charge in [-0.15, -0.1) is 0 Å². The molecule has 1 aliphatic rings. The van der Waals surface area contributed by atoms with Crippen molar-refractivity contribution in [3.8, 4) is 0 Å². The average molecular weight is 429 g/mol. The molecule has 11 heteroatoms. The first-order valence-corrected chi connectivity index (χ1v) is 16.1. The number of rotatable bonds is 10. The second-order valence-corrected chi connectivity index (χ2v) is 17.6. The van der Waals surface area contributed by atoms with Gasteiger partial charge in [0.15, 0.2) is 9.76 Å². The van der Waals surface area contributed by atoms with E-state index >= 15 is 0 Å². The van der Waals surface area contributed by atoms with Gasteiger partial charge < -0.3 is 20.6 Å². The highest BCUT2D eigenvalue weighted by atomic mass is 28.4. The van der Waals surface area contributed by atoms with Gasteiger partial charge in [0, 0.05) is 0 Å². The van der Waals surface area contributed by atoms with Gasteiger partial charge in [-0.1, -0.05) is 70.6 Å². The van der Waals surface area contributed by atoms with E-state index in [-0.39, 0.29) is 0 Å². The Labute approximate surface area is 157 Å². The molecule has 0 unspecified atom stereocenters. The van der Waals surface area contributed by atoms with Gasteiger partial charge in [-0.05, 0) is 5.54 Å². The smallest absolute Gasteiger partial charge is 0.286 e. The lowest BCUT2D eigenvalue weighted by Gasteiger charge is -2.17. The molecule has 0 aromatic rings. The molecular weight excluding hydrogens is 393 g/mol. The first-order chi connectivity index (χ1) is 11.4. The van der Waals surface area contributed by atoms with Crippen molar-refractivity contribution in [2.24, 2.45) is 0 Å². The summed E-state index contributed by atoms with van der Waals surface area (Å²) >= 11 is 0. The minimum atomic E-state index is -0.823. The van der Waals surface area contributed by atoms with Crippen molar-refractivity contribution in [1.82, 2.24) is 0 Å². The standard InChI is InChI=1S/C12H36O5Si6/c18-13-20-15-22-17-23-16-21-14-19-12-10-8-6-4-2-1-3-5-7-9-11-12/h12H,1-11,19-23H2,18H3. The van der Waals surface area contributed by atoms with Gasteiger partial charge in [-0.3, -0.25) is 0 Å². The van der Waals surface area contributed by atoms with E-state index < -0.39 is 49.8 Å². The third kappa shape index (κ3) is 15.1. The van der Waals surface area contributed by atoms with Gasteiger partial charge in [0.05, 0.1) is 0 Å². The SMILES string of the molecule is [SiH3]O[SiH2]O[SiH2]O[SiH2]O[SiH2]O[SiH2]C1CCCCCCCCCCC1. The summed E-state index contributed by atoms with van der Waals surface area (Å²) in [6, 6.07) is 0. The summed E-state index contributed by atoms with van der Waals surface area (Å²) in [6.07, 6.45) is 15.7. The van der Waals surface area contributed by atoms with Crippen LogP contribution in [-0.2, 0) is 20.6 Å². The van der Waals surface area contributed by atoms with Crippen LogP contribution in [0, 0.1) is 0 Å². The fourth-order valence-corrected chi connectivity index (χ4v) is 13.2. The van der Waals surface area contributed by atoms with Crippen LogP contribution in [0.5, 0.6) is 0 Å². The van der Waals surface area contributed by atoms with Crippen molar-refractivity contribution in [2.45, 2.75) is 76.2 Å². The van der Waals surface area contributed by atoms with Crippen LogP contribution in [0.3, 0.4) is 0 Å². The van der Waals surface area contributed by atoms with E-state index in [2.05, 4.69) is 0 Å². The highest BCUT2D eigenvalue weighted by Gasteiger charge is 2.10. The third-order valence-electron chi connectivity index (χ3n) is 4.28. The minimum Gasteiger partial charge on any atom is -0.449 e. The molecule has 0 aromatic heterocycles. The summed E-state index contributed by atoms with van der Waals surface area (Å²) in [4.78, 5) is 0. The lowest BCUT2D eigenvalue weighted by molar-refractivity contribution is 0.387. The molecule has 0 aliphatic heterocycles. The molecule has 1 aliphatic carbocycles. The first kappa shape index (κ1) is 22.1. The topological polar surface area (TPSA) is 46.2 Å². The van der Waals surface area contributed by atoms with E-state index in [1.165, 1.54) is 70.6 Å². The monoisotopic (exact) mass is 428 g/mol. The molecule has 1 saturated carbocycles. The second-order valence-electron chi connectivity index (χ2n) is 6.37. The molecular formula is C12H36O5Si6. The molecule has 0 saturated heterocycles. The molecule has 0 N–H and O–H groups in total. The van der Waals surface area contributed by atoms with Crippen LogP contribution in [0.25, 0.3) is 0 Å². The predicted octanol–water partition coefficient (Wildman–Crippen LogP) is -1.48. The Kier molecular flexibility index (Phi) is 17.2. The molecule has 0 radical (unpaired) electrons. The highest BCUT2D eigenvalue weighted by molar-refractivity contribution is 6.48. The van der Waals surface area contributed by atoms with Gasteiger partial charge in [-0.25, -0.2) is 0 Å². The highest BCUT2D eigenvalue weighted by Crippen LogP contribution is 2.24. The van der Waals surface area contributed by atoms with E-state index in [0.717, 1.165) is 16.0 Å². The fourth-order valence-electron chi connectivity index (χ4n) is 2.99. The summed E-state index contributed by atoms with van der Waals surface area (Å²) in [6.45, 7) is 0. The van der Waals surface area contributed by atoms with Gasteiger partial charge >= 0.3 is 0 Å². The van der Waals surface area contributed by atoms with Gasteiger partial charge in [0.2, 0.25) is 0 Å². The summed E-state index contributed by atoms with van der Waals surface area (Å²) in [5.74, 6) is 0. The lowest BCUT2D eigenvalue weighted by Crippen LogP contribution is -2.19. The summed E-state index contributed by atoms with van der Waals surface area (Å²) < 4.78 is 27.6. The summed E-state index contributed by atoms with van der Waals surface area (Å²) in [5.41, 5.74) is 0.891. The third-order valence-corrected chi connectivity index (χ3v) is 12.1. The van der Waals surface area contributed by atoms with Crippen LogP contribution in [0.2, 0.25) is 5.54 Å². The van der Waals surface area contributed by atoms with Crippen molar-refractivity contribution < 1.29 is 20.6 Å². The van der Waals surface area contributed by atoms with Gasteiger partial charge in [0.1, 0.15) is 10.5 Å². The zero-order valence-corrected chi connectivity index (χ0v) is 24.0. The molecule has 138 valence electrons. The number of hydrogen-bond acceptors (Lipinski definition) is 5. The molecule has 23 heavy (non-hydrogen) atoms. The Balaban J connectivity index is 1.99. The van der Waals surface area contributed by atoms with Crippen LogP contribution in [-0.4, -0.2) is 60.3 Å². The van der Waals surface area contributed by atoms with Crippen molar-refractivity contribution in [3.63, 3.8) is 0 Å². The Morgan fingerprint density at radius 2 is 1.00 bits per heavy atom. The molecule has 0 aromatic carbocycles. The summed E-state index contributed by atoms with van der Waals surface area (Å²) in [7, 11) is -2.70. The molecule has 0 spiro atoms. The maximum absolute atomic E-state index is 6.00. The molecule has 0 bridgehead atoms. The average Bonchev–Trinajstić information content (AvgIpc) is 2.55. The zero-order valence-electron chi connectivity index (χ0n) is 14.9. The Morgan fingerprint density at radius 3 is 1.52 bits per heavy atom. The summed E-state index contributed by atoms with van der Waals surface area (Å²) in [5, 5.41) is 0. The first-order valence-electron chi connectivity index (χ1n) is 9.23. The lowest BCUT2D eigenvalue weighted by atomic mass is 10.0. The van der Waals surface area contributed by atoms with Crippen molar-refractivity contribution >= 4 is 60.3 Å². The quantitative estimate of drug-likeness (QED) is 0.314. The zero-order chi connectivity index (χ0) is 16.4. The van der Waals surface area contributed by atoms with Crippen molar-refractivity contribution in [1.29, 1.82) is 0 Å². The van der Waals surface area contributed by atoms with E-state index in [1.807, 2.05) is 0 Å². The number of hydrogen-bond donors (Lipinski definition) is 0. The van der Waals surface area contributed by atoms with E-state index in [4.69, 9.17) is 20.6 Å². The van der Waals surface area contributed by atoms with Crippen LogP contribution in [0.15, 0.2) is 0 Å². The molecule has 0 atom stereocenters. The molecule has 1 rings (SSSR count). The Morgan fingerprint density at radius 1 is 0.565 bits per heavy atom. The maximum Gasteiger partial charge on any atom is 0.286 e. The molecule has 5 nitrogen and oxygen atoms in total. The van der Waals surface area contributed by atoms with Crippen LogP contribution >= 0.6 is 0 Å². The Hall–Kier alpha value is 1.10. The van der Waals surface area contributed by atoms with E-state index in [9.17, 15) is 0 Å². The van der Waals surface area contributed by atoms with Crippen LogP contribution in [0.4, 0.5) is 0 Å². The largest absolute Gasteiger partial charge is 0.449 e. The molecule has 1 fully saturated rings. The van der Waals surface area contributed by atoms with E-state index in [1.54, 1.807) is 0 Å².